The summed E-state index contributed by atoms with van der Waals surface area (Å²) >= 11 is 6.15. The number of halogens is 1. The zero-order chi connectivity index (χ0) is 13.4. The first-order valence-electron chi connectivity index (χ1n) is 5.78. The van der Waals surface area contributed by atoms with Crippen LogP contribution in [-0.4, -0.2) is 20.6 Å². The second kappa shape index (κ2) is 4.48. The lowest BCUT2D eigenvalue weighted by Crippen LogP contribution is -2.04. The Bertz CT molecular complexity index is 765. The third kappa shape index (κ3) is 1.90. The van der Waals surface area contributed by atoms with Crippen molar-refractivity contribution in [3.63, 3.8) is 0 Å². The number of carbonyl (C=O) groups is 1. The van der Waals surface area contributed by atoms with Crippen LogP contribution in [0.15, 0.2) is 42.6 Å². The summed E-state index contributed by atoms with van der Waals surface area (Å²) in [4.78, 5) is 11.8. The van der Waals surface area contributed by atoms with Gasteiger partial charge in [0.05, 0.1) is 16.9 Å². The van der Waals surface area contributed by atoms with Gasteiger partial charge in [0.1, 0.15) is 5.52 Å². The molecule has 0 amide bonds. The van der Waals surface area contributed by atoms with E-state index < -0.39 is 0 Å². The van der Waals surface area contributed by atoms with Gasteiger partial charge < -0.3 is 0 Å². The predicted molar refractivity (Wildman–Crippen MR) is 73.4 cm³/mol. The summed E-state index contributed by atoms with van der Waals surface area (Å²) in [6.45, 7) is 1.51. The van der Waals surface area contributed by atoms with Gasteiger partial charge in [-0.25, -0.2) is 4.52 Å². The van der Waals surface area contributed by atoms with Crippen molar-refractivity contribution < 1.29 is 4.79 Å². The van der Waals surface area contributed by atoms with Gasteiger partial charge in [0.25, 0.3) is 0 Å². The second-order valence-electron chi connectivity index (χ2n) is 4.21. The third-order valence-corrected chi connectivity index (χ3v) is 3.26. The van der Waals surface area contributed by atoms with E-state index in [2.05, 4.69) is 10.3 Å². The Kier molecular flexibility index (Phi) is 2.80. The minimum absolute atomic E-state index is 0.0573. The van der Waals surface area contributed by atoms with Crippen LogP contribution >= 0.6 is 11.6 Å². The maximum Gasteiger partial charge on any atom is 0.162 e. The molecular weight excluding hydrogens is 262 g/mol. The van der Waals surface area contributed by atoms with Gasteiger partial charge in [0.2, 0.25) is 0 Å². The van der Waals surface area contributed by atoms with Crippen molar-refractivity contribution in [1.29, 1.82) is 0 Å². The first kappa shape index (κ1) is 11.9. The van der Waals surface area contributed by atoms with Crippen LogP contribution in [-0.2, 0) is 0 Å². The number of rotatable bonds is 2. The molecule has 0 fully saturated rings. The normalized spacial score (nSPS) is 10.8. The number of nitrogens with zero attached hydrogens (tertiary/aromatic N) is 3. The van der Waals surface area contributed by atoms with Gasteiger partial charge >= 0.3 is 0 Å². The van der Waals surface area contributed by atoms with Gasteiger partial charge in [-0.1, -0.05) is 47.1 Å². The lowest BCUT2D eigenvalue weighted by atomic mass is 10.0. The minimum atomic E-state index is -0.0573. The fourth-order valence-electron chi connectivity index (χ4n) is 2.09. The Morgan fingerprint density at radius 2 is 2.00 bits per heavy atom. The van der Waals surface area contributed by atoms with Crippen molar-refractivity contribution in [2.45, 2.75) is 6.92 Å². The molecule has 0 saturated carbocycles. The van der Waals surface area contributed by atoms with Crippen molar-refractivity contribution in [2.75, 3.05) is 0 Å². The van der Waals surface area contributed by atoms with Gasteiger partial charge in [0.15, 0.2) is 5.78 Å². The Morgan fingerprint density at radius 3 is 2.68 bits per heavy atom. The van der Waals surface area contributed by atoms with Crippen LogP contribution in [0.2, 0.25) is 5.02 Å². The zero-order valence-corrected chi connectivity index (χ0v) is 10.9. The van der Waals surface area contributed by atoms with Crippen molar-refractivity contribution in [1.82, 2.24) is 14.8 Å². The van der Waals surface area contributed by atoms with Crippen LogP contribution in [0.4, 0.5) is 0 Å². The van der Waals surface area contributed by atoms with Crippen molar-refractivity contribution in [2.24, 2.45) is 0 Å². The Morgan fingerprint density at radius 1 is 1.26 bits per heavy atom. The molecule has 1 aromatic carbocycles. The molecule has 0 aliphatic rings. The number of ketones is 1. The molecule has 5 heteroatoms. The highest BCUT2D eigenvalue weighted by atomic mass is 35.5. The molecule has 0 unspecified atom stereocenters. The van der Waals surface area contributed by atoms with Crippen LogP contribution in [0.25, 0.3) is 16.8 Å². The Labute approximate surface area is 114 Å². The Hall–Kier alpha value is -2.20. The second-order valence-corrected chi connectivity index (χ2v) is 4.62. The first-order valence-corrected chi connectivity index (χ1v) is 6.15. The molecule has 94 valence electrons. The first-order chi connectivity index (χ1) is 9.18. The van der Waals surface area contributed by atoms with Crippen molar-refractivity contribution in [3.05, 3.63) is 53.2 Å². The fourth-order valence-corrected chi connectivity index (χ4v) is 2.33. The number of benzene rings is 1. The van der Waals surface area contributed by atoms with E-state index in [-0.39, 0.29) is 5.78 Å². The molecule has 0 spiro atoms. The maximum atomic E-state index is 11.8. The molecule has 2 heterocycles. The highest BCUT2D eigenvalue weighted by Crippen LogP contribution is 2.29. The lowest BCUT2D eigenvalue weighted by Gasteiger charge is -2.10. The highest BCUT2D eigenvalue weighted by molar-refractivity contribution is 6.34. The van der Waals surface area contributed by atoms with E-state index in [1.54, 1.807) is 16.8 Å². The topological polar surface area (TPSA) is 47.3 Å². The number of aromatic nitrogens is 3. The van der Waals surface area contributed by atoms with E-state index in [1.807, 2.05) is 30.3 Å². The van der Waals surface area contributed by atoms with Crippen LogP contribution in [0.5, 0.6) is 0 Å². The number of hydrogen-bond donors (Lipinski definition) is 0. The van der Waals surface area contributed by atoms with E-state index >= 15 is 0 Å². The summed E-state index contributed by atoms with van der Waals surface area (Å²) in [6.07, 6.45) is 1.58. The van der Waals surface area contributed by atoms with Gasteiger partial charge in [-0.15, -0.1) is 5.10 Å². The van der Waals surface area contributed by atoms with Gasteiger partial charge in [-0.2, -0.15) is 0 Å². The van der Waals surface area contributed by atoms with Gasteiger partial charge in [0, 0.05) is 11.1 Å². The fraction of sp³-hybridized carbons (Fsp3) is 0.0714. The van der Waals surface area contributed by atoms with Gasteiger partial charge in [-0.3, -0.25) is 4.79 Å². The molecule has 0 radical (unpaired) electrons. The average Bonchev–Trinajstić information content (AvgIpc) is 2.89. The summed E-state index contributed by atoms with van der Waals surface area (Å²) < 4.78 is 1.61. The van der Waals surface area contributed by atoms with E-state index in [0.717, 1.165) is 5.56 Å². The van der Waals surface area contributed by atoms with E-state index in [4.69, 9.17) is 11.6 Å². The Balaban J connectivity index is 2.44. The van der Waals surface area contributed by atoms with Crippen molar-refractivity contribution in [3.8, 4) is 11.3 Å². The maximum absolute atomic E-state index is 11.8. The van der Waals surface area contributed by atoms with Crippen LogP contribution in [0, 0.1) is 0 Å². The number of hydrogen-bond acceptors (Lipinski definition) is 3. The molecule has 4 nitrogen and oxygen atoms in total. The standard InChI is InChI=1S/C14H10ClN3O/c1-9(19)11-7-12(15)13-8-16-17-18(13)14(11)10-5-3-2-4-6-10/h2-8H,1H3. The summed E-state index contributed by atoms with van der Waals surface area (Å²) in [6, 6.07) is 11.3. The molecule has 0 N–H and O–H groups in total. The van der Waals surface area contributed by atoms with Crippen molar-refractivity contribution >= 4 is 22.9 Å². The lowest BCUT2D eigenvalue weighted by molar-refractivity contribution is 0.101. The van der Waals surface area contributed by atoms with E-state index in [0.29, 0.717) is 21.8 Å². The molecule has 3 rings (SSSR count). The van der Waals surface area contributed by atoms with Crippen LogP contribution in [0.3, 0.4) is 0 Å². The average molecular weight is 272 g/mol. The molecule has 2 aromatic heterocycles. The number of pyridine rings is 1. The molecule has 19 heavy (non-hydrogen) atoms. The predicted octanol–water partition coefficient (Wildman–Crippen LogP) is 3.25. The molecule has 0 saturated heterocycles. The quantitative estimate of drug-likeness (QED) is 0.672. The van der Waals surface area contributed by atoms with Crippen LogP contribution in [0.1, 0.15) is 17.3 Å². The number of carbonyl (C=O) groups excluding carboxylic acids is 1. The highest BCUT2D eigenvalue weighted by Gasteiger charge is 2.17. The molecule has 3 aromatic rings. The number of Topliss-reactive ketones (excluding diaryl/α,β-unsaturated/α-hetero) is 1. The minimum Gasteiger partial charge on any atom is -0.294 e. The SMILES string of the molecule is CC(=O)c1cc(Cl)c2cnnn2c1-c1ccccc1. The molecule has 0 aliphatic carbocycles. The number of fused-ring (bicyclic) bond motifs is 1. The van der Waals surface area contributed by atoms with E-state index in [1.165, 1.54) is 6.92 Å². The van der Waals surface area contributed by atoms with E-state index in [9.17, 15) is 4.79 Å². The summed E-state index contributed by atoms with van der Waals surface area (Å²) in [7, 11) is 0. The summed E-state index contributed by atoms with van der Waals surface area (Å²) in [5.41, 5.74) is 2.84. The van der Waals surface area contributed by atoms with Gasteiger partial charge in [-0.05, 0) is 13.0 Å². The molecule has 0 atom stereocenters. The summed E-state index contributed by atoms with van der Waals surface area (Å²) in [5, 5.41) is 8.36. The molecule has 0 aliphatic heterocycles. The summed E-state index contributed by atoms with van der Waals surface area (Å²) in [5.74, 6) is -0.0573. The largest absolute Gasteiger partial charge is 0.294 e. The third-order valence-electron chi connectivity index (χ3n) is 2.96. The zero-order valence-electron chi connectivity index (χ0n) is 10.2. The smallest absolute Gasteiger partial charge is 0.162 e. The monoisotopic (exact) mass is 271 g/mol. The molecular formula is C14H10ClN3O. The molecule has 0 bridgehead atoms. The van der Waals surface area contributed by atoms with Crippen LogP contribution < -0.4 is 0 Å².